The maximum absolute atomic E-state index is 11.4. The van der Waals surface area contributed by atoms with Crippen LogP contribution in [0.1, 0.15) is 35.6 Å². The summed E-state index contributed by atoms with van der Waals surface area (Å²) in [6.45, 7) is 0. The van der Waals surface area contributed by atoms with Crippen LogP contribution in [0.3, 0.4) is 0 Å². The Morgan fingerprint density at radius 3 is 2.64 bits per heavy atom. The standard InChI is InChI=1S/C19H19BrN2O2S/c20-14-6-9-18-17(11-14)16-3-1-2-13(19(16)22-18)10-12-4-7-15(8-5-12)25(21,23)24/h4-9,11,13,22H,1-3,10H2,(H2,21,23,24). The van der Waals surface area contributed by atoms with Crippen molar-refractivity contribution < 1.29 is 8.42 Å². The third-order valence-electron chi connectivity index (χ3n) is 5.02. The molecule has 4 rings (SSSR count). The van der Waals surface area contributed by atoms with Crippen molar-refractivity contribution in [2.75, 3.05) is 0 Å². The number of nitrogens with two attached hydrogens (primary N) is 1. The topological polar surface area (TPSA) is 76.0 Å². The van der Waals surface area contributed by atoms with Crippen molar-refractivity contribution in [2.45, 2.75) is 36.5 Å². The fourth-order valence-electron chi connectivity index (χ4n) is 3.83. The molecule has 0 radical (unpaired) electrons. The predicted octanol–water partition coefficient (Wildman–Crippen LogP) is 4.24. The van der Waals surface area contributed by atoms with Crippen LogP contribution in [-0.4, -0.2) is 13.4 Å². The molecule has 3 aromatic rings. The maximum Gasteiger partial charge on any atom is 0.238 e. The molecule has 2 aromatic carbocycles. The van der Waals surface area contributed by atoms with Crippen molar-refractivity contribution in [1.82, 2.24) is 4.98 Å². The molecule has 6 heteroatoms. The molecule has 1 unspecified atom stereocenters. The van der Waals surface area contributed by atoms with Gasteiger partial charge in [0.05, 0.1) is 4.90 Å². The van der Waals surface area contributed by atoms with E-state index in [-0.39, 0.29) is 4.90 Å². The van der Waals surface area contributed by atoms with E-state index in [1.54, 1.807) is 12.1 Å². The number of primary sulfonamides is 1. The first-order chi connectivity index (χ1) is 11.9. The monoisotopic (exact) mass is 418 g/mol. The molecule has 1 atom stereocenters. The van der Waals surface area contributed by atoms with Gasteiger partial charge in [0.15, 0.2) is 0 Å². The lowest BCUT2D eigenvalue weighted by atomic mass is 9.83. The minimum atomic E-state index is -3.63. The highest BCUT2D eigenvalue weighted by Crippen LogP contribution is 2.38. The molecular weight excluding hydrogens is 400 g/mol. The average Bonchev–Trinajstić information content (AvgIpc) is 2.94. The summed E-state index contributed by atoms with van der Waals surface area (Å²) >= 11 is 3.56. The van der Waals surface area contributed by atoms with Gasteiger partial charge < -0.3 is 4.98 Å². The lowest BCUT2D eigenvalue weighted by Crippen LogP contribution is -2.13. The third-order valence-corrected chi connectivity index (χ3v) is 6.45. The third kappa shape index (κ3) is 3.26. The molecule has 4 nitrogen and oxygen atoms in total. The molecule has 1 heterocycles. The molecule has 1 aromatic heterocycles. The van der Waals surface area contributed by atoms with Gasteiger partial charge in [-0.05, 0) is 67.1 Å². The number of halogens is 1. The molecule has 1 aliphatic rings. The molecule has 3 N–H and O–H groups in total. The summed E-state index contributed by atoms with van der Waals surface area (Å²) in [6.07, 6.45) is 4.31. The van der Waals surface area contributed by atoms with Crippen LogP contribution < -0.4 is 5.14 Å². The maximum atomic E-state index is 11.4. The summed E-state index contributed by atoms with van der Waals surface area (Å²) in [7, 11) is -3.63. The Kier molecular flexibility index (Phi) is 4.22. The van der Waals surface area contributed by atoms with E-state index in [2.05, 4.69) is 39.1 Å². The average molecular weight is 419 g/mol. The Hall–Kier alpha value is -1.63. The Bertz CT molecular complexity index is 1040. The largest absolute Gasteiger partial charge is 0.358 e. The summed E-state index contributed by atoms with van der Waals surface area (Å²) in [4.78, 5) is 3.78. The number of hydrogen-bond donors (Lipinski definition) is 2. The lowest BCUT2D eigenvalue weighted by Gasteiger charge is -2.23. The fourth-order valence-corrected chi connectivity index (χ4v) is 4.71. The fraction of sp³-hybridized carbons (Fsp3) is 0.263. The van der Waals surface area contributed by atoms with Crippen molar-refractivity contribution in [1.29, 1.82) is 0 Å². The highest BCUT2D eigenvalue weighted by atomic mass is 79.9. The summed E-state index contributed by atoms with van der Waals surface area (Å²) in [5.74, 6) is 0.426. The molecule has 0 fully saturated rings. The lowest BCUT2D eigenvalue weighted by molar-refractivity contribution is 0.542. The second kappa shape index (κ2) is 6.27. The van der Waals surface area contributed by atoms with E-state index in [1.165, 1.54) is 28.6 Å². The van der Waals surface area contributed by atoms with Crippen molar-refractivity contribution in [3.63, 3.8) is 0 Å². The number of benzene rings is 2. The molecule has 0 bridgehead atoms. The van der Waals surface area contributed by atoms with E-state index < -0.39 is 10.0 Å². The highest BCUT2D eigenvalue weighted by molar-refractivity contribution is 9.10. The summed E-state index contributed by atoms with van der Waals surface area (Å²) in [5, 5.41) is 6.48. The number of fused-ring (bicyclic) bond motifs is 3. The van der Waals surface area contributed by atoms with E-state index in [0.29, 0.717) is 5.92 Å². The van der Waals surface area contributed by atoms with Crippen LogP contribution in [0.5, 0.6) is 0 Å². The number of aromatic amines is 1. The molecule has 0 amide bonds. The minimum absolute atomic E-state index is 0.163. The number of aryl methyl sites for hydroxylation is 1. The zero-order valence-electron chi connectivity index (χ0n) is 13.6. The van der Waals surface area contributed by atoms with Gasteiger partial charge in [-0.15, -0.1) is 0 Å². The van der Waals surface area contributed by atoms with Crippen molar-refractivity contribution >= 4 is 36.9 Å². The normalized spacial score (nSPS) is 17.6. The van der Waals surface area contributed by atoms with Crippen LogP contribution in [0.25, 0.3) is 10.9 Å². The van der Waals surface area contributed by atoms with Gasteiger partial charge >= 0.3 is 0 Å². The van der Waals surface area contributed by atoms with Crippen LogP contribution in [0.15, 0.2) is 51.8 Å². The molecule has 0 saturated carbocycles. The Morgan fingerprint density at radius 2 is 1.92 bits per heavy atom. The summed E-state index contributed by atoms with van der Waals surface area (Å²) in [5.41, 5.74) is 5.07. The number of nitrogens with one attached hydrogen (secondary N) is 1. The van der Waals surface area contributed by atoms with Gasteiger partial charge in [-0.2, -0.15) is 0 Å². The van der Waals surface area contributed by atoms with Crippen molar-refractivity contribution in [3.05, 3.63) is 63.8 Å². The smallest absolute Gasteiger partial charge is 0.238 e. The second-order valence-electron chi connectivity index (χ2n) is 6.69. The zero-order chi connectivity index (χ0) is 17.6. The summed E-state index contributed by atoms with van der Waals surface area (Å²) < 4.78 is 23.9. The zero-order valence-corrected chi connectivity index (χ0v) is 16.0. The van der Waals surface area contributed by atoms with Gasteiger partial charge in [0.1, 0.15) is 0 Å². The van der Waals surface area contributed by atoms with Crippen LogP contribution in [0, 0.1) is 0 Å². The Morgan fingerprint density at radius 1 is 1.16 bits per heavy atom. The van der Waals surface area contributed by atoms with Gasteiger partial charge in [-0.3, -0.25) is 0 Å². The second-order valence-corrected chi connectivity index (χ2v) is 9.17. The van der Waals surface area contributed by atoms with Crippen LogP contribution in [-0.2, 0) is 22.9 Å². The van der Waals surface area contributed by atoms with E-state index in [1.807, 2.05) is 12.1 Å². The van der Waals surface area contributed by atoms with Gasteiger partial charge in [-0.1, -0.05) is 28.1 Å². The molecule has 1 aliphatic carbocycles. The summed E-state index contributed by atoms with van der Waals surface area (Å²) in [6, 6.07) is 13.3. The molecular formula is C19H19BrN2O2S. The van der Waals surface area contributed by atoms with Crippen LogP contribution in [0.4, 0.5) is 0 Å². The van der Waals surface area contributed by atoms with Crippen LogP contribution >= 0.6 is 15.9 Å². The van der Waals surface area contributed by atoms with E-state index in [0.717, 1.165) is 29.3 Å². The van der Waals surface area contributed by atoms with E-state index in [9.17, 15) is 8.42 Å². The number of sulfonamides is 1. The molecule has 25 heavy (non-hydrogen) atoms. The highest BCUT2D eigenvalue weighted by Gasteiger charge is 2.24. The predicted molar refractivity (Wildman–Crippen MR) is 103 cm³/mol. The SMILES string of the molecule is NS(=O)(=O)c1ccc(CC2CCCc3c2[nH]c2ccc(Br)cc32)cc1. The number of hydrogen-bond acceptors (Lipinski definition) is 2. The van der Waals surface area contributed by atoms with Crippen molar-refractivity contribution in [3.8, 4) is 0 Å². The molecule has 130 valence electrons. The van der Waals surface area contributed by atoms with Gasteiger partial charge in [0.25, 0.3) is 0 Å². The van der Waals surface area contributed by atoms with Crippen molar-refractivity contribution in [2.24, 2.45) is 5.14 Å². The number of H-pyrrole nitrogens is 1. The molecule has 0 aliphatic heterocycles. The van der Waals surface area contributed by atoms with Gasteiger partial charge in [-0.25, -0.2) is 13.6 Å². The van der Waals surface area contributed by atoms with Gasteiger partial charge in [0.2, 0.25) is 10.0 Å². The minimum Gasteiger partial charge on any atom is -0.358 e. The molecule has 0 saturated heterocycles. The first-order valence-corrected chi connectivity index (χ1v) is 10.7. The quantitative estimate of drug-likeness (QED) is 0.666. The van der Waals surface area contributed by atoms with E-state index >= 15 is 0 Å². The number of rotatable bonds is 3. The first kappa shape index (κ1) is 16.8. The Balaban J connectivity index is 1.66. The van der Waals surface area contributed by atoms with E-state index in [4.69, 9.17) is 5.14 Å². The number of aromatic nitrogens is 1. The van der Waals surface area contributed by atoms with Crippen LogP contribution in [0.2, 0.25) is 0 Å². The van der Waals surface area contributed by atoms with Gasteiger partial charge in [0, 0.05) is 27.0 Å². The Labute approximate surface area is 155 Å². The molecule has 0 spiro atoms. The first-order valence-electron chi connectivity index (χ1n) is 8.33.